The fourth-order valence-electron chi connectivity index (χ4n) is 3.25. The Kier molecular flexibility index (Phi) is 4.14. The van der Waals surface area contributed by atoms with Crippen molar-refractivity contribution in [1.29, 1.82) is 0 Å². The van der Waals surface area contributed by atoms with E-state index in [1.165, 1.54) is 6.26 Å². The molecule has 2 aliphatic rings. The summed E-state index contributed by atoms with van der Waals surface area (Å²) in [6.45, 7) is 1.60. The number of hydrogen-bond acceptors (Lipinski definition) is 4. The normalized spacial score (nSPS) is 30.7. The predicted octanol–water partition coefficient (Wildman–Crippen LogP) is 2.04. The summed E-state index contributed by atoms with van der Waals surface area (Å²) in [6.07, 6.45) is 3.95. The summed E-state index contributed by atoms with van der Waals surface area (Å²) in [5, 5.41) is 10.1. The van der Waals surface area contributed by atoms with E-state index in [-0.39, 0.29) is 24.0 Å². The monoisotopic (exact) mass is 343 g/mol. The molecule has 1 saturated heterocycles. The lowest BCUT2D eigenvalue weighted by Gasteiger charge is -2.40. The first-order valence-electron chi connectivity index (χ1n) is 6.98. The van der Waals surface area contributed by atoms with Crippen molar-refractivity contribution >= 4 is 21.8 Å². The SMILES string of the molecule is O=C(c1ccoc1Br)N1CCOC[C@@H]1[C@@H]1CCC[C@H]1O. The molecule has 2 heterocycles. The highest BCUT2D eigenvalue weighted by atomic mass is 79.9. The van der Waals surface area contributed by atoms with Crippen molar-refractivity contribution in [1.82, 2.24) is 4.90 Å². The van der Waals surface area contributed by atoms with E-state index in [1.807, 2.05) is 4.90 Å². The van der Waals surface area contributed by atoms with E-state index in [9.17, 15) is 9.90 Å². The van der Waals surface area contributed by atoms with Gasteiger partial charge in [-0.05, 0) is 34.8 Å². The van der Waals surface area contributed by atoms with Crippen molar-refractivity contribution < 1.29 is 19.1 Å². The van der Waals surface area contributed by atoms with Crippen molar-refractivity contribution in [3.05, 3.63) is 22.6 Å². The molecule has 0 unspecified atom stereocenters. The topological polar surface area (TPSA) is 62.9 Å². The van der Waals surface area contributed by atoms with Gasteiger partial charge in [-0.3, -0.25) is 4.79 Å². The van der Waals surface area contributed by atoms with Crippen LogP contribution in [0.4, 0.5) is 0 Å². The smallest absolute Gasteiger partial charge is 0.258 e. The van der Waals surface area contributed by atoms with Crippen molar-refractivity contribution in [3.8, 4) is 0 Å². The summed E-state index contributed by atoms with van der Waals surface area (Å²) in [7, 11) is 0. The Morgan fingerprint density at radius 2 is 2.30 bits per heavy atom. The van der Waals surface area contributed by atoms with Crippen LogP contribution in [0, 0.1) is 5.92 Å². The average Bonchev–Trinajstić information content (AvgIpc) is 3.06. The number of rotatable bonds is 2. The molecule has 0 spiro atoms. The number of amides is 1. The van der Waals surface area contributed by atoms with E-state index in [2.05, 4.69) is 15.9 Å². The molecule has 0 radical (unpaired) electrons. The highest BCUT2D eigenvalue weighted by molar-refractivity contribution is 9.10. The quantitative estimate of drug-likeness (QED) is 0.892. The maximum Gasteiger partial charge on any atom is 0.258 e. The van der Waals surface area contributed by atoms with Gasteiger partial charge in [0.2, 0.25) is 0 Å². The number of halogens is 1. The average molecular weight is 344 g/mol. The molecule has 1 aromatic heterocycles. The lowest BCUT2D eigenvalue weighted by Crippen LogP contribution is -2.53. The zero-order chi connectivity index (χ0) is 14.1. The van der Waals surface area contributed by atoms with Gasteiger partial charge in [0.25, 0.3) is 5.91 Å². The van der Waals surface area contributed by atoms with Gasteiger partial charge in [0, 0.05) is 12.5 Å². The molecule has 2 fully saturated rings. The van der Waals surface area contributed by atoms with Crippen LogP contribution in [0.5, 0.6) is 0 Å². The fourth-order valence-corrected chi connectivity index (χ4v) is 3.66. The number of ether oxygens (including phenoxy) is 1. The first kappa shape index (κ1) is 14.1. The van der Waals surface area contributed by atoms with Gasteiger partial charge in [0.15, 0.2) is 4.67 Å². The molecule has 1 amide bonds. The molecule has 0 bridgehead atoms. The van der Waals surface area contributed by atoms with Crippen LogP contribution >= 0.6 is 15.9 Å². The van der Waals surface area contributed by atoms with Crippen LogP contribution < -0.4 is 0 Å². The fraction of sp³-hybridized carbons (Fsp3) is 0.643. The van der Waals surface area contributed by atoms with E-state index < -0.39 is 0 Å². The van der Waals surface area contributed by atoms with E-state index in [0.717, 1.165) is 19.3 Å². The first-order chi connectivity index (χ1) is 9.68. The predicted molar refractivity (Wildman–Crippen MR) is 75.4 cm³/mol. The van der Waals surface area contributed by atoms with Gasteiger partial charge in [-0.1, -0.05) is 6.42 Å². The largest absolute Gasteiger partial charge is 0.457 e. The highest BCUT2D eigenvalue weighted by Gasteiger charge is 2.40. The lowest BCUT2D eigenvalue weighted by molar-refractivity contribution is -0.0384. The van der Waals surface area contributed by atoms with Crippen molar-refractivity contribution in [2.75, 3.05) is 19.8 Å². The maximum absolute atomic E-state index is 12.7. The molecule has 0 aromatic carbocycles. The Morgan fingerprint density at radius 1 is 1.45 bits per heavy atom. The second-order valence-corrected chi connectivity index (χ2v) is 6.13. The molecule has 3 atom stereocenters. The molecule has 1 aliphatic carbocycles. The lowest BCUT2D eigenvalue weighted by atomic mass is 9.94. The molecule has 1 aliphatic heterocycles. The molecule has 110 valence electrons. The minimum absolute atomic E-state index is 0.0458. The Bertz CT molecular complexity index is 489. The Balaban J connectivity index is 1.82. The Labute approximate surface area is 126 Å². The standard InChI is InChI=1S/C14H18BrNO4/c15-13-10(4-6-20-13)14(18)16-5-7-19-8-11(16)9-2-1-3-12(9)17/h4,6,9,11-12,17H,1-3,5,7-8H2/t9-,11+,12+/m0/s1. The molecule has 1 aromatic rings. The van der Waals surface area contributed by atoms with Gasteiger partial charge < -0.3 is 19.2 Å². The minimum atomic E-state index is -0.329. The summed E-state index contributed by atoms with van der Waals surface area (Å²) < 4.78 is 11.1. The van der Waals surface area contributed by atoms with Crippen LogP contribution in [0.1, 0.15) is 29.6 Å². The van der Waals surface area contributed by atoms with E-state index in [1.54, 1.807) is 6.07 Å². The van der Waals surface area contributed by atoms with Crippen LogP contribution in [0.2, 0.25) is 0 Å². The van der Waals surface area contributed by atoms with Gasteiger partial charge in [-0.2, -0.15) is 0 Å². The third kappa shape index (κ3) is 2.52. The zero-order valence-corrected chi connectivity index (χ0v) is 12.7. The second-order valence-electron chi connectivity index (χ2n) is 5.41. The van der Waals surface area contributed by atoms with Crippen LogP contribution in [0.3, 0.4) is 0 Å². The minimum Gasteiger partial charge on any atom is -0.457 e. The Morgan fingerprint density at radius 3 is 2.95 bits per heavy atom. The molecular formula is C14H18BrNO4. The number of aliphatic hydroxyl groups is 1. The van der Waals surface area contributed by atoms with Gasteiger partial charge in [0.1, 0.15) is 0 Å². The van der Waals surface area contributed by atoms with Crippen molar-refractivity contribution in [3.63, 3.8) is 0 Å². The summed E-state index contributed by atoms with van der Waals surface area (Å²) >= 11 is 3.25. The number of carbonyl (C=O) groups excluding carboxylic acids is 1. The Hall–Kier alpha value is -0.850. The molecule has 1 saturated carbocycles. The van der Waals surface area contributed by atoms with E-state index in [0.29, 0.717) is 30.0 Å². The number of carbonyl (C=O) groups is 1. The summed E-state index contributed by atoms with van der Waals surface area (Å²) in [5.74, 6) is 0.0583. The molecule has 6 heteroatoms. The van der Waals surface area contributed by atoms with Gasteiger partial charge in [0.05, 0.1) is 37.2 Å². The number of furan rings is 1. The van der Waals surface area contributed by atoms with Crippen LogP contribution in [-0.2, 0) is 4.74 Å². The van der Waals surface area contributed by atoms with Crippen molar-refractivity contribution in [2.45, 2.75) is 31.4 Å². The molecule has 5 nitrogen and oxygen atoms in total. The molecule has 20 heavy (non-hydrogen) atoms. The number of morpholine rings is 1. The van der Waals surface area contributed by atoms with E-state index >= 15 is 0 Å². The summed E-state index contributed by atoms with van der Waals surface area (Å²) in [6, 6.07) is 1.62. The van der Waals surface area contributed by atoms with Crippen LogP contribution in [0.25, 0.3) is 0 Å². The third-order valence-corrected chi connectivity index (χ3v) is 4.91. The summed E-state index contributed by atoms with van der Waals surface area (Å²) in [5.41, 5.74) is 0.532. The second kappa shape index (κ2) is 5.87. The van der Waals surface area contributed by atoms with E-state index in [4.69, 9.17) is 9.15 Å². The number of aliphatic hydroxyl groups excluding tert-OH is 1. The maximum atomic E-state index is 12.7. The number of nitrogens with zero attached hydrogens (tertiary/aromatic N) is 1. The molecular weight excluding hydrogens is 326 g/mol. The first-order valence-corrected chi connectivity index (χ1v) is 7.77. The third-order valence-electron chi connectivity index (χ3n) is 4.30. The van der Waals surface area contributed by atoms with Gasteiger partial charge in [-0.25, -0.2) is 0 Å². The highest BCUT2D eigenvalue weighted by Crippen LogP contribution is 2.33. The van der Waals surface area contributed by atoms with Crippen LogP contribution in [0.15, 0.2) is 21.4 Å². The van der Waals surface area contributed by atoms with Crippen molar-refractivity contribution in [2.24, 2.45) is 5.92 Å². The van der Waals surface area contributed by atoms with Gasteiger partial charge >= 0.3 is 0 Å². The van der Waals surface area contributed by atoms with Gasteiger partial charge in [-0.15, -0.1) is 0 Å². The molecule has 3 rings (SSSR count). The van der Waals surface area contributed by atoms with Crippen LogP contribution in [-0.4, -0.2) is 47.8 Å². The number of hydrogen-bond donors (Lipinski definition) is 1. The molecule has 1 N–H and O–H groups in total. The zero-order valence-electron chi connectivity index (χ0n) is 11.1. The summed E-state index contributed by atoms with van der Waals surface area (Å²) in [4.78, 5) is 14.5.